The second kappa shape index (κ2) is 5.50. The number of ketones is 1. The van der Waals surface area contributed by atoms with Gasteiger partial charge >= 0.3 is 0 Å². The smallest absolute Gasteiger partial charge is 0.136 e. The lowest BCUT2D eigenvalue weighted by molar-refractivity contribution is -0.124. The van der Waals surface area contributed by atoms with E-state index in [0.29, 0.717) is 17.7 Å². The van der Waals surface area contributed by atoms with Crippen molar-refractivity contribution in [1.29, 1.82) is 0 Å². The van der Waals surface area contributed by atoms with Gasteiger partial charge in [0.05, 0.1) is 0 Å². The van der Waals surface area contributed by atoms with Gasteiger partial charge in [0, 0.05) is 18.4 Å². The number of piperidine rings is 1. The van der Waals surface area contributed by atoms with Gasteiger partial charge in [-0.25, -0.2) is 0 Å². The molecule has 0 amide bonds. The number of nitrogens with zero attached hydrogens (tertiary/aromatic N) is 1. The monoisotopic (exact) mass is 197 g/mol. The molecule has 1 aliphatic heterocycles. The van der Waals surface area contributed by atoms with E-state index in [4.69, 9.17) is 0 Å². The molecule has 1 rings (SSSR count). The molecular formula is C12H23NO. The lowest BCUT2D eigenvalue weighted by Crippen LogP contribution is -2.40. The summed E-state index contributed by atoms with van der Waals surface area (Å²) in [5, 5.41) is 0. The second-order valence-corrected chi connectivity index (χ2v) is 4.62. The molecule has 0 aromatic heterocycles. The van der Waals surface area contributed by atoms with E-state index in [2.05, 4.69) is 25.7 Å². The van der Waals surface area contributed by atoms with Gasteiger partial charge in [0.25, 0.3) is 0 Å². The molecule has 14 heavy (non-hydrogen) atoms. The van der Waals surface area contributed by atoms with Gasteiger partial charge in [-0.1, -0.05) is 6.92 Å². The summed E-state index contributed by atoms with van der Waals surface area (Å²) in [7, 11) is 0. The van der Waals surface area contributed by atoms with Crippen LogP contribution in [0.3, 0.4) is 0 Å². The Morgan fingerprint density at radius 3 is 2.36 bits per heavy atom. The molecule has 2 heteroatoms. The zero-order valence-corrected chi connectivity index (χ0v) is 9.75. The SMILES string of the molecule is CCCC(=O)C1CCN(C(C)C)CC1. The normalized spacial score (nSPS) is 20.3. The largest absolute Gasteiger partial charge is 0.301 e. The van der Waals surface area contributed by atoms with Gasteiger partial charge in [-0.3, -0.25) is 4.79 Å². The molecule has 2 nitrogen and oxygen atoms in total. The first kappa shape index (κ1) is 11.7. The van der Waals surface area contributed by atoms with E-state index in [9.17, 15) is 4.79 Å². The molecule has 0 radical (unpaired) electrons. The Balaban J connectivity index is 2.31. The number of likely N-dealkylation sites (tertiary alicyclic amines) is 1. The fraction of sp³-hybridized carbons (Fsp3) is 0.917. The van der Waals surface area contributed by atoms with Crippen molar-refractivity contribution in [2.24, 2.45) is 5.92 Å². The van der Waals surface area contributed by atoms with E-state index >= 15 is 0 Å². The van der Waals surface area contributed by atoms with Crippen LogP contribution in [0, 0.1) is 5.92 Å². The summed E-state index contributed by atoms with van der Waals surface area (Å²) in [5.74, 6) is 0.862. The van der Waals surface area contributed by atoms with Crippen LogP contribution in [0.1, 0.15) is 46.5 Å². The lowest BCUT2D eigenvalue weighted by Gasteiger charge is -2.33. The highest BCUT2D eigenvalue weighted by atomic mass is 16.1. The first-order valence-electron chi connectivity index (χ1n) is 5.92. The van der Waals surface area contributed by atoms with Crippen LogP contribution >= 0.6 is 0 Å². The predicted octanol–water partition coefficient (Wildman–Crippen LogP) is 2.48. The maximum Gasteiger partial charge on any atom is 0.136 e. The standard InChI is InChI=1S/C12H23NO/c1-4-5-12(14)11-6-8-13(9-7-11)10(2)3/h10-11H,4-9H2,1-3H3. The summed E-state index contributed by atoms with van der Waals surface area (Å²) in [6.45, 7) is 8.76. The Hall–Kier alpha value is -0.370. The summed E-state index contributed by atoms with van der Waals surface area (Å²) in [6, 6.07) is 0.636. The molecular weight excluding hydrogens is 174 g/mol. The number of rotatable bonds is 4. The number of hydrogen-bond acceptors (Lipinski definition) is 2. The Kier molecular flexibility index (Phi) is 4.59. The van der Waals surface area contributed by atoms with Crippen LogP contribution in [0.25, 0.3) is 0 Å². The molecule has 1 heterocycles. The van der Waals surface area contributed by atoms with E-state index in [1.54, 1.807) is 0 Å². The van der Waals surface area contributed by atoms with Crippen molar-refractivity contribution in [2.45, 2.75) is 52.5 Å². The molecule has 0 aromatic carbocycles. The van der Waals surface area contributed by atoms with Crippen LogP contribution in [-0.2, 0) is 4.79 Å². The molecule has 1 saturated heterocycles. The first-order chi connectivity index (χ1) is 6.65. The third-order valence-electron chi connectivity index (χ3n) is 3.21. The molecule has 0 N–H and O–H groups in total. The summed E-state index contributed by atoms with van der Waals surface area (Å²) >= 11 is 0. The summed E-state index contributed by atoms with van der Waals surface area (Å²) < 4.78 is 0. The maximum atomic E-state index is 11.7. The molecule has 1 fully saturated rings. The van der Waals surface area contributed by atoms with Gasteiger partial charge in [-0.05, 0) is 46.2 Å². The van der Waals surface area contributed by atoms with E-state index in [1.807, 2.05) is 0 Å². The minimum atomic E-state index is 0.366. The average Bonchev–Trinajstić information content (AvgIpc) is 2.18. The molecule has 1 aliphatic rings. The number of carbonyl (C=O) groups is 1. The van der Waals surface area contributed by atoms with Crippen molar-refractivity contribution in [1.82, 2.24) is 4.90 Å². The van der Waals surface area contributed by atoms with Crippen molar-refractivity contribution in [3.05, 3.63) is 0 Å². The fourth-order valence-electron chi connectivity index (χ4n) is 2.19. The fourth-order valence-corrected chi connectivity index (χ4v) is 2.19. The molecule has 0 unspecified atom stereocenters. The average molecular weight is 197 g/mol. The Labute approximate surface area is 87.7 Å². The molecule has 0 bridgehead atoms. The highest BCUT2D eigenvalue weighted by Crippen LogP contribution is 2.21. The zero-order valence-electron chi connectivity index (χ0n) is 9.75. The minimum Gasteiger partial charge on any atom is -0.301 e. The Bertz CT molecular complexity index is 181. The van der Waals surface area contributed by atoms with Crippen LogP contribution in [0.15, 0.2) is 0 Å². The number of hydrogen-bond donors (Lipinski definition) is 0. The highest BCUT2D eigenvalue weighted by molar-refractivity contribution is 5.81. The quantitative estimate of drug-likeness (QED) is 0.690. The third-order valence-corrected chi connectivity index (χ3v) is 3.21. The summed E-state index contributed by atoms with van der Waals surface area (Å²) in [6.07, 6.45) is 3.95. The summed E-state index contributed by atoms with van der Waals surface area (Å²) in [5.41, 5.74) is 0. The van der Waals surface area contributed by atoms with Gasteiger partial charge in [-0.2, -0.15) is 0 Å². The Morgan fingerprint density at radius 1 is 1.36 bits per heavy atom. The van der Waals surface area contributed by atoms with Crippen molar-refractivity contribution in [2.75, 3.05) is 13.1 Å². The molecule has 82 valence electrons. The van der Waals surface area contributed by atoms with Crippen molar-refractivity contribution in [3.8, 4) is 0 Å². The van der Waals surface area contributed by atoms with Gasteiger partial charge < -0.3 is 4.90 Å². The molecule has 0 saturated carbocycles. The van der Waals surface area contributed by atoms with Gasteiger partial charge in [0.15, 0.2) is 0 Å². The van der Waals surface area contributed by atoms with Crippen molar-refractivity contribution < 1.29 is 4.79 Å². The van der Waals surface area contributed by atoms with Crippen LogP contribution in [-0.4, -0.2) is 29.8 Å². The summed E-state index contributed by atoms with van der Waals surface area (Å²) in [4.78, 5) is 14.1. The topological polar surface area (TPSA) is 20.3 Å². The molecule has 0 aromatic rings. The van der Waals surface area contributed by atoms with Crippen LogP contribution in [0.2, 0.25) is 0 Å². The van der Waals surface area contributed by atoms with Gasteiger partial charge in [0.1, 0.15) is 5.78 Å². The van der Waals surface area contributed by atoms with E-state index in [0.717, 1.165) is 38.8 Å². The van der Waals surface area contributed by atoms with E-state index in [1.165, 1.54) is 0 Å². The van der Waals surface area contributed by atoms with Crippen LogP contribution in [0.5, 0.6) is 0 Å². The van der Waals surface area contributed by atoms with Crippen molar-refractivity contribution >= 4 is 5.78 Å². The molecule has 0 aliphatic carbocycles. The second-order valence-electron chi connectivity index (χ2n) is 4.62. The van der Waals surface area contributed by atoms with Crippen LogP contribution in [0.4, 0.5) is 0 Å². The first-order valence-corrected chi connectivity index (χ1v) is 5.92. The number of Topliss-reactive ketones (excluding diaryl/α,β-unsaturated/α-hetero) is 1. The van der Waals surface area contributed by atoms with Crippen LogP contribution < -0.4 is 0 Å². The highest BCUT2D eigenvalue weighted by Gasteiger charge is 2.24. The molecule has 0 atom stereocenters. The number of carbonyl (C=O) groups excluding carboxylic acids is 1. The Morgan fingerprint density at radius 2 is 1.93 bits per heavy atom. The molecule has 0 spiro atoms. The lowest BCUT2D eigenvalue weighted by atomic mass is 9.90. The maximum absolute atomic E-state index is 11.7. The van der Waals surface area contributed by atoms with Crippen molar-refractivity contribution in [3.63, 3.8) is 0 Å². The minimum absolute atomic E-state index is 0.366. The third kappa shape index (κ3) is 3.09. The predicted molar refractivity (Wildman–Crippen MR) is 59.3 cm³/mol. The van der Waals surface area contributed by atoms with E-state index < -0.39 is 0 Å². The van der Waals surface area contributed by atoms with E-state index in [-0.39, 0.29) is 0 Å². The van der Waals surface area contributed by atoms with Gasteiger partial charge in [0.2, 0.25) is 0 Å². The zero-order chi connectivity index (χ0) is 10.6. The van der Waals surface area contributed by atoms with Gasteiger partial charge in [-0.15, -0.1) is 0 Å².